The second kappa shape index (κ2) is 6.40. The van der Waals surface area contributed by atoms with Crippen LogP contribution in [0.1, 0.15) is 6.92 Å². The summed E-state index contributed by atoms with van der Waals surface area (Å²) < 4.78 is 30.2. The van der Waals surface area contributed by atoms with Crippen molar-refractivity contribution in [3.8, 4) is 5.75 Å². The Morgan fingerprint density at radius 1 is 1.05 bits per heavy atom. The molecule has 21 heavy (non-hydrogen) atoms. The van der Waals surface area contributed by atoms with Crippen LogP contribution in [0.15, 0.2) is 36.4 Å². The van der Waals surface area contributed by atoms with Crippen LogP contribution < -0.4 is 14.8 Å². The Balaban J connectivity index is 2.05. The number of nitrogens with one attached hydrogen (secondary N) is 2. The van der Waals surface area contributed by atoms with Crippen LogP contribution in [0.4, 0.5) is 17.3 Å². The predicted molar refractivity (Wildman–Crippen MR) is 81.4 cm³/mol. The number of methoxy groups -OCH3 is 1. The fraction of sp³-hybridized carbons (Fsp3) is 0.231. The van der Waals surface area contributed by atoms with Gasteiger partial charge < -0.3 is 10.1 Å². The van der Waals surface area contributed by atoms with Crippen LogP contribution in [0.25, 0.3) is 0 Å². The van der Waals surface area contributed by atoms with E-state index in [1.54, 1.807) is 26.2 Å². The molecule has 0 amide bonds. The van der Waals surface area contributed by atoms with E-state index in [1.165, 1.54) is 0 Å². The third-order valence-corrected chi connectivity index (χ3v) is 3.95. The highest BCUT2D eigenvalue weighted by Crippen LogP contribution is 2.18. The van der Waals surface area contributed by atoms with Gasteiger partial charge in [-0.1, -0.05) is 0 Å². The highest BCUT2D eigenvalue weighted by Gasteiger charge is 2.08. The second-order valence-electron chi connectivity index (χ2n) is 4.16. The summed E-state index contributed by atoms with van der Waals surface area (Å²) in [4.78, 5) is 0. The first-order valence-corrected chi connectivity index (χ1v) is 7.93. The molecule has 0 radical (unpaired) electrons. The monoisotopic (exact) mass is 308 g/mol. The Hall–Kier alpha value is -2.35. The molecule has 2 rings (SSSR count). The van der Waals surface area contributed by atoms with Crippen molar-refractivity contribution in [3.05, 3.63) is 36.4 Å². The minimum atomic E-state index is -3.34. The van der Waals surface area contributed by atoms with Gasteiger partial charge in [0.1, 0.15) is 5.75 Å². The van der Waals surface area contributed by atoms with Gasteiger partial charge in [0.15, 0.2) is 11.6 Å². The van der Waals surface area contributed by atoms with E-state index >= 15 is 0 Å². The number of rotatable bonds is 6. The van der Waals surface area contributed by atoms with Crippen molar-refractivity contribution in [2.75, 3.05) is 22.9 Å². The molecular formula is C13H16N4O3S. The number of sulfonamides is 1. The fourth-order valence-corrected chi connectivity index (χ4v) is 2.08. The Morgan fingerprint density at radius 3 is 2.19 bits per heavy atom. The molecule has 0 bridgehead atoms. The van der Waals surface area contributed by atoms with Gasteiger partial charge in [-0.3, -0.25) is 4.72 Å². The summed E-state index contributed by atoms with van der Waals surface area (Å²) >= 11 is 0. The lowest BCUT2D eigenvalue weighted by atomic mass is 10.3. The standard InChI is InChI=1S/C13H16N4O3S/c1-3-21(18,19)17-13-9-8-12(15-16-13)14-10-4-6-11(20-2)7-5-10/h4-9H,3H2,1-2H3,(H,14,15)(H,16,17). The Kier molecular flexibility index (Phi) is 4.59. The summed E-state index contributed by atoms with van der Waals surface area (Å²) in [5.41, 5.74) is 0.826. The van der Waals surface area contributed by atoms with Crippen LogP contribution in [0.5, 0.6) is 5.75 Å². The molecule has 1 aromatic heterocycles. The maximum Gasteiger partial charge on any atom is 0.233 e. The lowest BCUT2D eigenvalue weighted by Gasteiger charge is -2.07. The van der Waals surface area contributed by atoms with E-state index in [0.29, 0.717) is 5.82 Å². The van der Waals surface area contributed by atoms with Gasteiger partial charge >= 0.3 is 0 Å². The topological polar surface area (TPSA) is 93.2 Å². The predicted octanol–water partition coefficient (Wildman–Crippen LogP) is 1.99. The van der Waals surface area contributed by atoms with Crippen LogP contribution in [0.3, 0.4) is 0 Å². The molecule has 0 aliphatic rings. The molecule has 0 aliphatic carbocycles. The molecule has 7 nitrogen and oxygen atoms in total. The summed E-state index contributed by atoms with van der Waals surface area (Å²) in [6.45, 7) is 1.55. The van der Waals surface area contributed by atoms with E-state index in [4.69, 9.17) is 4.74 Å². The van der Waals surface area contributed by atoms with Gasteiger partial charge in [0, 0.05) is 5.69 Å². The Labute approximate surface area is 123 Å². The number of nitrogens with zero attached hydrogens (tertiary/aromatic N) is 2. The SMILES string of the molecule is CCS(=O)(=O)Nc1ccc(Nc2ccc(OC)cc2)nn1. The van der Waals surface area contributed by atoms with Crippen molar-refractivity contribution >= 4 is 27.3 Å². The molecule has 2 aromatic rings. The molecule has 0 unspecified atom stereocenters. The third kappa shape index (κ3) is 4.32. The Bertz CT molecular complexity index is 684. The van der Waals surface area contributed by atoms with Crippen molar-refractivity contribution < 1.29 is 13.2 Å². The molecule has 1 aromatic carbocycles. The summed E-state index contributed by atoms with van der Waals surface area (Å²) in [6, 6.07) is 10.5. The van der Waals surface area contributed by atoms with E-state index < -0.39 is 10.0 Å². The quantitative estimate of drug-likeness (QED) is 0.847. The van der Waals surface area contributed by atoms with Gasteiger partial charge in [-0.25, -0.2) is 8.42 Å². The second-order valence-corrected chi connectivity index (χ2v) is 6.17. The molecule has 8 heteroatoms. The van der Waals surface area contributed by atoms with Crippen LogP contribution in [0, 0.1) is 0 Å². The molecule has 0 spiro atoms. The van der Waals surface area contributed by atoms with Crippen LogP contribution >= 0.6 is 0 Å². The summed E-state index contributed by atoms with van der Waals surface area (Å²) in [5, 5.41) is 10.8. The molecule has 112 valence electrons. The van der Waals surface area contributed by atoms with Gasteiger partial charge in [0.25, 0.3) is 0 Å². The van der Waals surface area contributed by atoms with Crippen molar-refractivity contribution in [3.63, 3.8) is 0 Å². The zero-order valence-corrected chi connectivity index (χ0v) is 12.5. The van der Waals surface area contributed by atoms with Gasteiger partial charge in [0.05, 0.1) is 12.9 Å². The van der Waals surface area contributed by atoms with Crippen molar-refractivity contribution in [1.82, 2.24) is 10.2 Å². The molecule has 0 saturated heterocycles. The fourth-order valence-electron chi connectivity index (χ4n) is 1.51. The highest BCUT2D eigenvalue weighted by atomic mass is 32.2. The zero-order chi connectivity index (χ0) is 15.3. The number of hydrogen-bond acceptors (Lipinski definition) is 6. The average Bonchev–Trinajstić information content (AvgIpc) is 2.50. The van der Waals surface area contributed by atoms with E-state index in [1.807, 2.05) is 24.3 Å². The molecule has 0 saturated carbocycles. The Morgan fingerprint density at radius 2 is 1.67 bits per heavy atom. The molecular weight excluding hydrogens is 292 g/mol. The highest BCUT2D eigenvalue weighted by molar-refractivity contribution is 7.92. The molecule has 1 heterocycles. The van der Waals surface area contributed by atoms with E-state index in [9.17, 15) is 8.42 Å². The number of anilines is 3. The van der Waals surface area contributed by atoms with Gasteiger partial charge in [-0.15, -0.1) is 10.2 Å². The summed E-state index contributed by atoms with van der Waals surface area (Å²) in [6.07, 6.45) is 0. The minimum Gasteiger partial charge on any atom is -0.497 e. The van der Waals surface area contributed by atoms with Crippen LogP contribution in [-0.4, -0.2) is 31.5 Å². The first kappa shape index (κ1) is 15.0. The van der Waals surface area contributed by atoms with E-state index in [0.717, 1.165) is 11.4 Å². The number of ether oxygens (including phenoxy) is 1. The zero-order valence-electron chi connectivity index (χ0n) is 11.7. The van der Waals surface area contributed by atoms with Gasteiger partial charge in [-0.2, -0.15) is 0 Å². The molecule has 0 fully saturated rings. The maximum absolute atomic E-state index is 11.4. The van der Waals surface area contributed by atoms with Gasteiger partial charge in [0.2, 0.25) is 10.0 Å². The molecule has 2 N–H and O–H groups in total. The van der Waals surface area contributed by atoms with E-state index in [2.05, 4.69) is 20.2 Å². The van der Waals surface area contributed by atoms with Crippen molar-refractivity contribution in [1.29, 1.82) is 0 Å². The molecule has 0 atom stereocenters. The lowest BCUT2D eigenvalue weighted by molar-refractivity contribution is 0.415. The first-order chi connectivity index (χ1) is 10.0. The van der Waals surface area contributed by atoms with Crippen molar-refractivity contribution in [2.45, 2.75) is 6.92 Å². The van der Waals surface area contributed by atoms with E-state index in [-0.39, 0.29) is 11.6 Å². The summed E-state index contributed by atoms with van der Waals surface area (Å²) in [5.74, 6) is 1.45. The summed E-state index contributed by atoms with van der Waals surface area (Å²) in [7, 11) is -1.74. The lowest BCUT2D eigenvalue weighted by Crippen LogP contribution is -2.15. The number of benzene rings is 1. The van der Waals surface area contributed by atoms with Crippen LogP contribution in [-0.2, 0) is 10.0 Å². The maximum atomic E-state index is 11.4. The third-order valence-electron chi connectivity index (χ3n) is 2.67. The first-order valence-electron chi connectivity index (χ1n) is 6.27. The van der Waals surface area contributed by atoms with Gasteiger partial charge in [-0.05, 0) is 43.3 Å². The minimum absolute atomic E-state index is 0.0134. The smallest absolute Gasteiger partial charge is 0.233 e. The number of hydrogen-bond donors (Lipinski definition) is 2. The van der Waals surface area contributed by atoms with Crippen LogP contribution in [0.2, 0.25) is 0 Å². The normalized spacial score (nSPS) is 11.0. The molecule has 0 aliphatic heterocycles. The van der Waals surface area contributed by atoms with Crippen molar-refractivity contribution in [2.24, 2.45) is 0 Å². The average molecular weight is 308 g/mol. The largest absolute Gasteiger partial charge is 0.497 e. The number of aromatic nitrogens is 2.